The SMILES string of the molecule is c1ccc2c(c1)Oc1ccc(-c3cc(-c4ccc5ccccc5c4)c4ccc5c(-c6ccc7c8c(cccc68)Oc6ccccc6-7)cc(-c6ccc7ccccc7c6)c6ccc3c4c65)c3cccc-2c13. The van der Waals surface area contributed by atoms with Crippen LogP contribution in [0.2, 0.25) is 0 Å². The second-order valence-corrected chi connectivity index (χ2v) is 19.0. The van der Waals surface area contributed by atoms with Crippen molar-refractivity contribution in [2.75, 3.05) is 0 Å². The summed E-state index contributed by atoms with van der Waals surface area (Å²) in [5.74, 6) is 3.56. The molecule has 0 aliphatic carbocycles. The molecule has 2 aliphatic heterocycles. The first-order valence-corrected chi connectivity index (χ1v) is 24.1. The third-order valence-corrected chi connectivity index (χ3v) is 15.4. The van der Waals surface area contributed by atoms with Gasteiger partial charge in [-0.05, 0) is 169 Å². The van der Waals surface area contributed by atoms with Crippen LogP contribution < -0.4 is 9.47 Å². The van der Waals surface area contributed by atoms with Gasteiger partial charge in [0, 0.05) is 21.9 Å². The summed E-state index contributed by atoms with van der Waals surface area (Å²) in [5.41, 5.74) is 14.2. The summed E-state index contributed by atoms with van der Waals surface area (Å²) in [6.07, 6.45) is 0. The minimum atomic E-state index is 0.889. The third kappa shape index (κ3) is 5.28. The molecule has 2 heterocycles. The lowest BCUT2D eigenvalue weighted by Gasteiger charge is -2.25. The number of para-hydroxylation sites is 2. The summed E-state index contributed by atoms with van der Waals surface area (Å²) in [5, 5.41) is 17.0. The smallest absolute Gasteiger partial charge is 0.135 e. The molecule has 0 atom stereocenters. The Bertz CT molecular complexity index is 4350. The van der Waals surface area contributed by atoms with E-state index in [2.05, 4.69) is 218 Å². The quantitative estimate of drug-likeness (QED) is 0.164. The molecule has 2 nitrogen and oxygen atoms in total. The fraction of sp³-hybridized carbons (Fsp3) is 0. The van der Waals surface area contributed by atoms with Gasteiger partial charge in [-0.15, -0.1) is 0 Å². The monoisotopic (exact) mass is 886 g/mol. The highest BCUT2D eigenvalue weighted by molar-refractivity contribution is 6.33. The van der Waals surface area contributed by atoms with E-state index < -0.39 is 0 Å². The fourth-order valence-electron chi connectivity index (χ4n) is 12.3. The molecule has 14 aromatic rings. The maximum atomic E-state index is 6.66. The molecule has 14 aromatic carbocycles. The van der Waals surface area contributed by atoms with E-state index in [4.69, 9.17) is 9.47 Å². The van der Waals surface area contributed by atoms with Gasteiger partial charge in [0.25, 0.3) is 0 Å². The van der Waals surface area contributed by atoms with E-state index in [1.165, 1.54) is 120 Å². The average molecular weight is 887 g/mol. The topological polar surface area (TPSA) is 18.5 Å². The van der Waals surface area contributed by atoms with E-state index in [1.807, 2.05) is 12.1 Å². The molecule has 2 aliphatic rings. The number of fused-ring (bicyclic) bond motifs is 6. The predicted octanol–water partition coefficient (Wildman–Crippen LogP) is 19.4. The first kappa shape index (κ1) is 37.8. The van der Waals surface area contributed by atoms with Gasteiger partial charge in [-0.1, -0.05) is 182 Å². The van der Waals surface area contributed by atoms with Gasteiger partial charge < -0.3 is 9.47 Å². The molecular formula is C68H38O2. The normalized spacial score (nSPS) is 12.5. The van der Waals surface area contributed by atoms with Crippen LogP contribution in [0.4, 0.5) is 0 Å². The lowest BCUT2D eigenvalue weighted by Crippen LogP contribution is -1.99. The van der Waals surface area contributed by atoms with Crippen molar-refractivity contribution in [1.29, 1.82) is 0 Å². The van der Waals surface area contributed by atoms with Crippen LogP contribution in [0.25, 0.3) is 142 Å². The van der Waals surface area contributed by atoms with Gasteiger partial charge in [0.1, 0.15) is 23.0 Å². The lowest BCUT2D eigenvalue weighted by molar-refractivity contribution is 0.487. The Balaban J connectivity index is 1.05. The summed E-state index contributed by atoms with van der Waals surface area (Å²) in [6.45, 7) is 0. The Labute approximate surface area is 403 Å². The molecule has 70 heavy (non-hydrogen) atoms. The van der Waals surface area contributed by atoms with Crippen LogP contribution in [-0.4, -0.2) is 0 Å². The fourth-order valence-corrected chi connectivity index (χ4v) is 12.3. The summed E-state index contributed by atoms with van der Waals surface area (Å²) < 4.78 is 13.3. The highest BCUT2D eigenvalue weighted by atomic mass is 16.5. The molecule has 0 spiro atoms. The van der Waals surface area contributed by atoms with Gasteiger partial charge in [0.15, 0.2) is 0 Å². The van der Waals surface area contributed by atoms with Crippen LogP contribution in [-0.2, 0) is 0 Å². The van der Waals surface area contributed by atoms with Gasteiger partial charge in [-0.3, -0.25) is 0 Å². The molecule has 322 valence electrons. The minimum absolute atomic E-state index is 0.889. The second kappa shape index (κ2) is 14.1. The van der Waals surface area contributed by atoms with Gasteiger partial charge in [-0.2, -0.15) is 0 Å². The molecule has 0 amide bonds. The van der Waals surface area contributed by atoms with Crippen molar-refractivity contribution in [3.63, 3.8) is 0 Å². The second-order valence-electron chi connectivity index (χ2n) is 19.0. The van der Waals surface area contributed by atoms with E-state index in [-0.39, 0.29) is 0 Å². The molecule has 16 rings (SSSR count). The van der Waals surface area contributed by atoms with E-state index in [1.54, 1.807) is 0 Å². The zero-order valence-electron chi connectivity index (χ0n) is 37.8. The lowest BCUT2D eigenvalue weighted by atomic mass is 9.80. The molecule has 0 radical (unpaired) electrons. The Morgan fingerprint density at radius 1 is 0.186 bits per heavy atom. The standard InChI is InChI=1S/C68H38O2/c1-3-13-41-35-43(25-23-39(41)11-1)57-37-59(45-27-28-52-48-16-6-8-21-62(48)69-63-22-10-19-50(45)66(52)63)55-31-29-54-58(44-26-24-40-12-2-4-14-42(40)36-44)38-60(56-32-30-53(57)67(55)68(54)56)46-33-34-64-65-49(46)17-9-18-51(65)47-15-5-7-20-61(47)70-64/h1-38H. The van der Waals surface area contributed by atoms with E-state index in [0.717, 1.165) is 44.9 Å². The van der Waals surface area contributed by atoms with E-state index in [9.17, 15) is 0 Å². The molecular weight excluding hydrogens is 849 g/mol. The van der Waals surface area contributed by atoms with Gasteiger partial charge in [0.2, 0.25) is 0 Å². The van der Waals surface area contributed by atoms with Gasteiger partial charge >= 0.3 is 0 Å². The average Bonchev–Trinajstić information content (AvgIpc) is 3.42. The molecule has 0 N–H and O–H groups in total. The van der Waals surface area contributed by atoms with Gasteiger partial charge in [-0.25, -0.2) is 0 Å². The zero-order chi connectivity index (χ0) is 45.6. The van der Waals surface area contributed by atoms with Crippen molar-refractivity contribution in [2.45, 2.75) is 0 Å². The Morgan fingerprint density at radius 2 is 0.571 bits per heavy atom. The van der Waals surface area contributed by atoms with Crippen molar-refractivity contribution >= 4 is 75.4 Å². The van der Waals surface area contributed by atoms with Crippen LogP contribution in [0.1, 0.15) is 0 Å². The van der Waals surface area contributed by atoms with E-state index in [0.29, 0.717) is 0 Å². The predicted molar refractivity (Wildman–Crippen MR) is 293 cm³/mol. The van der Waals surface area contributed by atoms with Crippen LogP contribution >= 0.6 is 0 Å². The molecule has 0 fully saturated rings. The Hall–Kier alpha value is -9.24. The number of ether oxygens (including phenoxy) is 2. The van der Waals surface area contributed by atoms with Crippen molar-refractivity contribution in [1.82, 2.24) is 0 Å². The van der Waals surface area contributed by atoms with Crippen LogP contribution in [0, 0.1) is 0 Å². The van der Waals surface area contributed by atoms with Crippen molar-refractivity contribution in [3.8, 4) is 89.8 Å². The Morgan fingerprint density at radius 3 is 1.13 bits per heavy atom. The highest BCUT2D eigenvalue weighted by Gasteiger charge is 2.27. The van der Waals surface area contributed by atoms with Crippen molar-refractivity contribution in [3.05, 3.63) is 231 Å². The molecule has 2 heteroatoms. The molecule has 0 saturated heterocycles. The first-order valence-electron chi connectivity index (χ1n) is 24.1. The maximum absolute atomic E-state index is 6.66. The third-order valence-electron chi connectivity index (χ3n) is 15.4. The summed E-state index contributed by atoms with van der Waals surface area (Å²) >= 11 is 0. The number of rotatable bonds is 4. The minimum Gasteiger partial charge on any atom is -0.456 e. The number of hydrogen-bond acceptors (Lipinski definition) is 2. The zero-order valence-corrected chi connectivity index (χ0v) is 37.8. The highest BCUT2D eigenvalue weighted by Crippen LogP contribution is 2.54. The van der Waals surface area contributed by atoms with Gasteiger partial charge in [0.05, 0.1) is 0 Å². The molecule has 0 bridgehead atoms. The largest absolute Gasteiger partial charge is 0.456 e. The van der Waals surface area contributed by atoms with E-state index >= 15 is 0 Å². The number of benzene rings is 14. The molecule has 0 aromatic heterocycles. The Kier molecular flexibility index (Phi) is 7.64. The summed E-state index contributed by atoms with van der Waals surface area (Å²) in [7, 11) is 0. The summed E-state index contributed by atoms with van der Waals surface area (Å²) in [6, 6.07) is 85.0. The van der Waals surface area contributed by atoms with Crippen LogP contribution in [0.3, 0.4) is 0 Å². The summed E-state index contributed by atoms with van der Waals surface area (Å²) in [4.78, 5) is 0. The maximum Gasteiger partial charge on any atom is 0.135 e. The number of hydrogen-bond donors (Lipinski definition) is 0. The molecule has 0 unspecified atom stereocenters. The van der Waals surface area contributed by atoms with Crippen LogP contribution in [0.5, 0.6) is 23.0 Å². The van der Waals surface area contributed by atoms with Crippen molar-refractivity contribution < 1.29 is 9.47 Å². The van der Waals surface area contributed by atoms with Crippen LogP contribution in [0.15, 0.2) is 231 Å². The molecule has 0 saturated carbocycles. The van der Waals surface area contributed by atoms with Crippen molar-refractivity contribution in [2.24, 2.45) is 0 Å². The first-order chi connectivity index (χ1) is 34.7.